The van der Waals surface area contributed by atoms with Crippen molar-refractivity contribution in [2.45, 2.75) is 12.5 Å². The zero-order valence-electron chi connectivity index (χ0n) is 13.1. The third-order valence-corrected chi connectivity index (χ3v) is 5.35. The van der Waals surface area contributed by atoms with Gasteiger partial charge in [-0.2, -0.15) is 0 Å². The Morgan fingerprint density at radius 2 is 2.09 bits per heavy atom. The lowest BCUT2D eigenvalue weighted by molar-refractivity contribution is 0.0563. The van der Waals surface area contributed by atoms with Gasteiger partial charge in [0.05, 0.1) is 19.0 Å². The number of amides is 1. The highest BCUT2D eigenvalue weighted by molar-refractivity contribution is 7.88. The van der Waals surface area contributed by atoms with E-state index in [0.717, 1.165) is 19.2 Å². The van der Waals surface area contributed by atoms with Gasteiger partial charge in [-0.05, 0) is 24.5 Å². The Morgan fingerprint density at radius 3 is 2.78 bits per heavy atom. The first-order valence-corrected chi connectivity index (χ1v) is 9.74. The molecule has 2 fully saturated rings. The zero-order valence-corrected chi connectivity index (χ0v) is 14.0. The van der Waals surface area contributed by atoms with Gasteiger partial charge >= 0.3 is 0 Å². The number of fused-ring (bicyclic) bond motifs is 1. The number of hydrogen-bond donors (Lipinski definition) is 1. The first kappa shape index (κ1) is 16.4. The van der Waals surface area contributed by atoms with Crippen molar-refractivity contribution in [3.05, 3.63) is 35.9 Å². The molecule has 0 radical (unpaired) electrons. The van der Waals surface area contributed by atoms with Gasteiger partial charge in [0.1, 0.15) is 0 Å². The summed E-state index contributed by atoms with van der Waals surface area (Å²) in [6, 6.07) is 9.25. The number of sulfonamides is 1. The van der Waals surface area contributed by atoms with Crippen molar-refractivity contribution in [1.29, 1.82) is 0 Å². The van der Waals surface area contributed by atoms with Crippen LogP contribution in [-0.4, -0.2) is 57.8 Å². The van der Waals surface area contributed by atoms with E-state index in [1.807, 2.05) is 35.2 Å². The van der Waals surface area contributed by atoms with E-state index in [4.69, 9.17) is 4.74 Å². The molecule has 0 aliphatic carbocycles. The Balaban J connectivity index is 1.66. The van der Waals surface area contributed by atoms with Crippen LogP contribution in [0.15, 0.2) is 30.3 Å². The van der Waals surface area contributed by atoms with Crippen LogP contribution in [-0.2, 0) is 14.8 Å². The summed E-state index contributed by atoms with van der Waals surface area (Å²) in [5.41, 5.74) is 0.690. The fraction of sp³-hybridized carbons (Fsp3) is 0.562. The van der Waals surface area contributed by atoms with E-state index in [-0.39, 0.29) is 24.5 Å². The van der Waals surface area contributed by atoms with Gasteiger partial charge in [0.25, 0.3) is 5.91 Å². The van der Waals surface area contributed by atoms with Crippen LogP contribution < -0.4 is 4.72 Å². The highest BCUT2D eigenvalue weighted by atomic mass is 32.2. The van der Waals surface area contributed by atoms with Crippen LogP contribution in [0.2, 0.25) is 0 Å². The summed E-state index contributed by atoms with van der Waals surface area (Å²) in [5.74, 6) is 0.623. The molecule has 1 amide bonds. The van der Waals surface area contributed by atoms with Gasteiger partial charge in [-0.15, -0.1) is 0 Å². The molecule has 2 heterocycles. The van der Waals surface area contributed by atoms with Crippen LogP contribution in [0.3, 0.4) is 0 Å². The van der Waals surface area contributed by atoms with E-state index in [1.54, 1.807) is 0 Å². The number of hydrogen-bond acceptors (Lipinski definition) is 4. The molecule has 7 heteroatoms. The SMILES string of the molecule is CS(=O)(=O)NC[C@H]1OC[C@@H]2CCN(C(=O)c3ccccc3)C[C@@H]21. The number of nitrogens with zero attached hydrogens (tertiary/aromatic N) is 1. The Hall–Kier alpha value is -1.44. The maximum Gasteiger partial charge on any atom is 0.253 e. The van der Waals surface area contributed by atoms with E-state index in [0.29, 0.717) is 24.6 Å². The van der Waals surface area contributed by atoms with Crippen LogP contribution in [0, 0.1) is 11.8 Å². The molecule has 2 aliphatic heterocycles. The van der Waals surface area contributed by atoms with Gasteiger partial charge in [0, 0.05) is 31.1 Å². The lowest BCUT2D eigenvalue weighted by atomic mass is 9.84. The fourth-order valence-electron chi connectivity index (χ4n) is 3.42. The van der Waals surface area contributed by atoms with E-state index >= 15 is 0 Å². The predicted octanol–water partition coefficient (Wildman–Crippen LogP) is 0.713. The van der Waals surface area contributed by atoms with Gasteiger partial charge in [-0.3, -0.25) is 4.79 Å². The highest BCUT2D eigenvalue weighted by Crippen LogP contribution is 2.34. The summed E-state index contributed by atoms with van der Waals surface area (Å²) in [6.07, 6.45) is 1.88. The Kier molecular flexibility index (Phi) is 4.70. The molecule has 0 saturated carbocycles. The molecule has 2 saturated heterocycles. The molecule has 0 spiro atoms. The second-order valence-corrected chi connectivity index (χ2v) is 8.16. The number of carbonyl (C=O) groups excluding carboxylic acids is 1. The van der Waals surface area contributed by atoms with Crippen molar-refractivity contribution in [3.8, 4) is 0 Å². The summed E-state index contributed by atoms with van der Waals surface area (Å²) >= 11 is 0. The molecule has 1 aromatic rings. The molecule has 1 N–H and O–H groups in total. The maximum atomic E-state index is 12.6. The third kappa shape index (κ3) is 3.91. The van der Waals surface area contributed by atoms with E-state index < -0.39 is 10.0 Å². The third-order valence-electron chi connectivity index (χ3n) is 4.66. The zero-order chi connectivity index (χ0) is 16.4. The number of nitrogens with one attached hydrogen (secondary N) is 1. The quantitative estimate of drug-likeness (QED) is 0.877. The van der Waals surface area contributed by atoms with Crippen LogP contribution in [0.25, 0.3) is 0 Å². The summed E-state index contributed by atoms with van der Waals surface area (Å²) in [5, 5.41) is 0. The number of ether oxygens (including phenoxy) is 1. The topological polar surface area (TPSA) is 75.7 Å². The standard InChI is InChI=1S/C16H22N2O4S/c1-23(20,21)17-9-15-14-10-18(8-7-13(14)11-22-15)16(19)12-5-3-2-4-6-12/h2-6,13-15,17H,7-11H2,1H3/t13-,14-,15+/m0/s1. The van der Waals surface area contributed by atoms with Crippen LogP contribution in [0.5, 0.6) is 0 Å². The summed E-state index contributed by atoms with van der Waals surface area (Å²) in [4.78, 5) is 14.4. The van der Waals surface area contributed by atoms with Crippen LogP contribution >= 0.6 is 0 Å². The molecule has 126 valence electrons. The predicted molar refractivity (Wildman–Crippen MR) is 86.5 cm³/mol. The molecule has 1 aromatic carbocycles. The average molecular weight is 338 g/mol. The Morgan fingerprint density at radius 1 is 1.35 bits per heavy atom. The minimum absolute atomic E-state index is 0.0331. The molecule has 3 atom stereocenters. The van der Waals surface area contributed by atoms with Crippen molar-refractivity contribution in [3.63, 3.8) is 0 Å². The molecular formula is C16H22N2O4S. The van der Waals surface area contributed by atoms with Crippen LogP contribution in [0.4, 0.5) is 0 Å². The van der Waals surface area contributed by atoms with Gasteiger partial charge in [0.2, 0.25) is 10.0 Å². The van der Waals surface area contributed by atoms with Crippen molar-refractivity contribution in [2.75, 3.05) is 32.5 Å². The molecule has 23 heavy (non-hydrogen) atoms. The van der Waals surface area contributed by atoms with Crippen molar-refractivity contribution >= 4 is 15.9 Å². The highest BCUT2D eigenvalue weighted by Gasteiger charge is 2.42. The smallest absolute Gasteiger partial charge is 0.253 e. The van der Waals surface area contributed by atoms with Gasteiger partial charge in [-0.1, -0.05) is 18.2 Å². The first-order valence-electron chi connectivity index (χ1n) is 7.84. The molecule has 0 aromatic heterocycles. The number of carbonyl (C=O) groups is 1. The summed E-state index contributed by atoms with van der Waals surface area (Å²) in [6.45, 7) is 2.26. The van der Waals surface area contributed by atoms with Crippen molar-refractivity contribution in [2.24, 2.45) is 11.8 Å². The van der Waals surface area contributed by atoms with Gasteiger partial charge in [0.15, 0.2) is 0 Å². The molecule has 3 rings (SSSR count). The first-order chi connectivity index (χ1) is 10.9. The normalized spacial score (nSPS) is 27.7. The van der Waals surface area contributed by atoms with E-state index in [1.165, 1.54) is 0 Å². The average Bonchev–Trinajstić information content (AvgIpc) is 2.94. The number of likely N-dealkylation sites (tertiary alicyclic amines) is 1. The lowest BCUT2D eigenvalue weighted by Crippen LogP contribution is -2.47. The number of piperidine rings is 1. The summed E-state index contributed by atoms with van der Waals surface area (Å²) < 4.78 is 30.8. The molecule has 6 nitrogen and oxygen atoms in total. The van der Waals surface area contributed by atoms with E-state index in [2.05, 4.69) is 4.72 Å². The van der Waals surface area contributed by atoms with Gasteiger partial charge < -0.3 is 9.64 Å². The van der Waals surface area contributed by atoms with Crippen molar-refractivity contribution in [1.82, 2.24) is 9.62 Å². The molecule has 0 unspecified atom stereocenters. The van der Waals surface area contributed by atoms with Gasteiger partial charge in [-0.25, -0.2) is 13.1 Å². The number of rotatable bonds is 4. The largest absolute Gasteiger partial charge is 0.376 e. The fourth-order valence-corrected chi connectivity index (χ4v) is 3.89. The van der Waals surface area contributed by atoms with Crippen molar-refractivity contribution < 1.29 is 17.9 Å². The lowest BCUT2D eigenvalue weighted by Gasteiger charge is -2.36. The number of benzene rings is 1. The van der Waals surface area contributed by atoms with E-state index in [9.17, 15) is 13.2 Å². The monoisotopic (exact) mass is 338 g/mol. The minimum atomic E-state index is -3.23. The Labute approximate surface area is 136 Å². The minimum Gasteiger partial charge on any atom is -0.376 e. The second kappa shape index (κ2) is 6.59. The Bertz CT molecular complexity index is 662. The van der Waals surface area contributed by atoms with Crippen LogP contribution in [0.1, 0.15) is 16.8 Å². The summed E-state index contributed by atoms with van der Waals surface area (Å²) in [7, 11) is -3.23. The molecule has 2 aliphatic rings. The maximum absolute atomic E-state index is 12.6. The molecular weight excluding hydrogens is 316 g/mol. The molecule has 0 bridgehead atoms. The second-order valence-electron chi connectivity index (χ2n) is 6.32.